The molecule has 0 spiro atoms. The van der Waals surface area contributed by atoms with Crippen molar-refractivity contribution in [3.8, 4) is 0 Å². The monoisotopic (exact) mass is 447 g/mol. The van der Waals surface area contributed by atoms with Gasteiger partial charge in [0.15, 0.2) is 0 Å². The number of rotatable bonds is 4. The molecule has 0 aliphatic carbocycles. The number of benzene rings is 1. The van der Waals surface area contributed by atoms with E-state index in [1.54, 1.807) is 11.6 Å². The number of fused-ring (bicyclic) bond motifs is 2. The number of hydrogen-bond acceptors (Lipinski definition) is 6. The van der Waals surface area contributed by atoms with Crippen LogP contribution in [0.15, 0.2) is 39.9 Å². The van der Waals surface area contributed by atoms with Crippen LogP contribution in [0.25, 0.3) is 21.9 Å². The Balaban J connectivity index is 1.66. The van der Waals surface area contributed by atoms with Crippen LogP contribution in [0.3, 0.4) is 0 Å². The third-order valence-electron chi connectivity index (χ3n) is 6.62. The largest absolute Gasteiger partial charge is 0.356 e. The van der Waals surface area contributed by atoms with Crippen LogP contribution in [-0.2, 0) is 20.1 Å². The zero-order chi connectivity index (χ0) is 23.3. The van der Waals surface area contributed by atoms with E-state index in [-0.39, 0.29) is 23.8 Å². The molecule has 3 aromatic heterocycles. The van der Waals surface area contributed by atoms with Crippen molar-refractivity contribution in [2.24, 2.45) is 12.8 Å². The molecule has 0 bridgehead atoms. The van der Waals surface area contributed by atoms with Gasteiger partial charge in [-0.05, 0) is 32.8 Å². The Bertz CT molecular complexity index is 1480. The lowest BCUT2D eigenvalue weighted by atomic mass is 10.1. The van der Waals surface area contributed by atoms with E-state index in [1.807, 2.05) is 48.7 Å². The van der Waals surface area contributed by atoms with E-state index in [9.17, 15) is 9.59 Å². The molecule has 9 heteroatoms. The van der Waals surface area contributed by atoms with E-state index < -0.39 is 0 Å². The maximum absolute atomic E-state index is 13.6. The second-order valence-corrected chi connectivity index (χ2v) is 8.80. The molecule has 4 aromatic rings. The van der Waals surface area contributed by atoms with Gasteiger partial charge in [0.2, 0.25) is 0 Å². The summed E-state index contributed by atoms with van der Waals surface area (Å²) in [5.74, 6) is 1.38. The molecule has 1 atom stereocenters. The van der Waals surface area contributed by atoms with Crippen molar-refractivity contribution in [1.82, 2.24) is 23.7 Å². The topological polar surface area (TPSA) is 104 Å². The first-order valence-corrected chi connectivity index (χ1v) is 11.4. The molecule has 4 heterocycles. The summed E-state index contributed by atoms with van der Waals surface area (Å²) in [4.78, 5) is 38.2. The first kappa shape index (κ1) is 21.4. The molecule has 1 aliphatic heterocycles. The van der Waals surface area contributed by atoms with Crippen molar-refractivity contribution in [3.05, 3.63) is 62.7 Å². The lowest BCUT2D eigenvalue weighted by Crippen LogP contribution is -2.43. The van der Waals surface area contributed by atoms with Crippen molar-refractivity contribution in [3.63, 3.8) is 0 Å². The van der Waals surface area contributed by atoms with Crippen LogP contribution >= 0.6 is 0 Å². The van der Waals surface area contributed by atoms with Gasteiger partial charge in [-0.3, -0.25) is 13.9 Å². The summed E-state index contributed by atoms with van der Waals surface area (Å²) in [7, 11) is 1.71. The number of nitrogens with zero attached hydrogens (tertiary/aromatic N) is 6. The van der Waals surface area contributed by atoms with Crippen molar-refractivity contribution in [1.29, 1.82) is 0 Å². The van der Waals surface area contributed by atoms with E-state index in [0.717, 1.165) is 48.3 Å². The van der Waals surface area contributed by atoms with Gasteiger partial charge in [0.05, 0.1) is 17.6 Å². The van der Waals surface area contributed by atoms with E-state index in [4.69, 9.17) is 5.73 Å². The molecular formula is C24H29N7O2. The number of piperidine rings is 1. The van der Waals surface area contributed by atoms with Gasteiger partial charge in [0.25, 0.3) is 5.56 Å². The zero-order valence-electron chi connectivity index (χ0n) is 19.3. The Morgan fingerprint density at radius 1 is 1.15 bits per heavy atom. The summed E-state index contributed by atoms with van der Waals surface area (Å²) in [5, 5.41) is 0.959. The van der Waals surface area contributed by atoms with Crippen LogP contribution in [0.4, 0.5) is 5.82 Å². The maximum Gasteiger partial charge on any atom is 0.331 e. The minimum Gasteiger partial charge on any atom is -0.356 e. The minimum absolute atomic E-state index is 0.0198. The smallest absolute Gasteiger partial charge is 0.331 e. The Kier molecular flexibility index (Phi) is 5.28. The summed E-state index contributed by atoms with van der Waals surface area (Å²) in [6.45, 7) is 6.18. The van der Waals surface area contributed by atoms with Crippen LogP contribution in [-0.4, -0.2) is 42.8 Å². The number of anilines is 1. The lowest BCUT2D eigenvalue weighted by molar-refractivity contribution is 0.498. The molecule has 0 unspecified atom stereocenters. The van der Waals surface area contributed by atoms with Crippen molar-refractivity contribution < 1.29 is 0 Å². The Morgan fingerprint density at radius 3 is 2.70 bits per heavy atom. The Labute approximate surface area is 191 Å². The van der Waals surface area contributed by atoms with E-state index in [2.05, 4.69) is 14.9 Å². The number of para-hydroxylation sites is 1. The fourth-order valence-electron chi connectivity index (χ4n) is 4.95. The molecule has 5 rings (SSSR count). The van der Waals surface area contributed by atoms with Gasteiger partial charge in [-0.1, -0.05) is 18.2 Å². The summed E-state index contributed by atoms with van der Waals surface area (Å²) >= 11 is 0. The first-order valence-electron chi connectivity index (χ1n) is 11.4. The number of hydrogen-bond donors (Lipinski definition) is 1. The normalized spacial score (nSPS) is 16.7. The van der Waals surface area contributed by atoms with Crippen LogP contribution in [0, 0.1) is 6.92 Å². The second kappa shape index (κ2) is 8.15. The van der Waals surface area contributed by atoms with Gasteiger partial charge in [-0.15, -0.1) is 0 Å². The summed E-state index contributed by atoms with van der Waals surface area (Å²) in [5.41, 5.74) is 8.28. The predicted molar refractivity (Wildman–Crippen MR) is 130 cm³/mol. The first-order chi connectivity index (χ1) is 15.9. The molecule has 1 aliphatic rings. The van der Waals surface area contributed by atoms with Gasteiger partial charge in [0, 0.05) is 49.9 Å². The van der Waals surface area contributed by atoms with E-state index in [1.165, 1.54) is 4.57 Å². The molecule has 1 saturated heterocycles. The van der Waals surface area contributed by atoms with Gasteiger partial charge < -0.3 is 15.2 Å². The second-order valence-electron chi connectivity index (χ2n) is 8.80. The molecule has 9 nitrogen and oxygen atoms in total. The molecule has 1 fully saturated rings. The SMILES string of the molecule is CCn1c(N2CCC[C@@H](N)C2)cc2c1c(=O)n(Cc1nc(C)c3ccccc3n1)c(=O)n2C. The summed E-state index contributed by atoms with van der Waals surface area (Å²) < 4.78 is 4.78. The molecule has 0 saturated carbocycles. The van der Waals surface area contributed by atoms with Crippen molar-refractivity contribution >= 4 is 27.8 Å². The average Bonchev–Trinajstić information content (AvgIpc) is 3.20. The summed E-state index contributed by atoms with van der Waals surface area (Å²) in [6, 6.07) is 9.79. The van der Waals surface area contributed by atoms with Gasteiger partial charge in [-0.25, -0.2) is 14.8 Å². The third-order valence-corrected chi connectivity index (χ3v) is 6.62. The van der Waals surface area contributed by atoms with Crippen LogP contribution in [0.1, 0.15) is 31.3 Å². The molecule has 172 valence electrons. The third kappa shape index (κ3) is 3.52. The molecule has 2 N–H and O–H groups in total. The average molecular weight is 448 g/mol. The highest BCUT2D eigenvalue weighted by Gasteiger charge is 2.24. The van der Waals surface area contributed by atoms with Crippen LogP contribution < -0.4 is 21.9 Å². The number of aromatic nitrogens is 5. The zero-order valence-corrected chi connectivity index (χ0v) is 19.3. The highest BCUT2D eigenvalue weighted by Crippen LogP contribution is 2.26. The van der Waals surface area contributed by atoms with Gasteiger partial charge in [-0.2, -0.15) is 0 Å². The highest BCUT2D eigenvalue weighted by molar-refractivity contribution is 5.82. The minimum atomic E-state index is -0.378. The Morgan fingerprint density at radius 2 is 1.94 bits per heavy atom. The van der Waals surface area contributed by atoms with Crippen molar-refractivity contribution in [2.45, 2.75) is 45.8 Å². The van der Waals surface area contributed by atoms with Crippen LogP contribution in [0.2, 0.25) is 0 Å². The maximum atomic E-state index is 13.6. The van der Waals surface area contributed by atoms with E-state index in [0.29, 0.717) is 23.4 Å². The van der Waals surface area contributed by atoms with Gasteiger partial charge in [0.1, 0.15) is 17.2 Å². The van der Waals surface area contributed by atoms with E-state index >= 15 is 0 Å². The lowest BCUT2D eigenvalue weighted by Gasteiger charge is -2.33. The van der Waals surface area contributed by atoms with Gasteiger partial charge >= 0.3 is 5.69 Å². The summed E-state index contributed by atoms with van der Waals surface area (Å²) in [6.07, 6.45) is 2.01. The molecule has 33 heavy (non-hydrogen) atoms. The number of nitrogens with two attached hydrogens (primary N) is 1. The highest BCUT2D eigenvalue weighted by atomic mass is 16.2. The molecule has 0 radical (unpaired) electrons. The quantitative estimate of drug-likeness (QED) is 0.511. The molecule has 1 aromatic carbocycles. The molecular weight excluding hydrogens is 418 g/mol. The number of aryl methyl sites for hydroxylation is 3. The fraction of sp³-hybridized carbons (Fsp3) is 0.417. The predicted octanol–water partition coefficient (Wildman–Crippen LogP) is 1.75. The fourth-order valence-corrected chi connectivity index (χ4v) is 4.95. The standard InChI is InChI=1S/C24H29N7O2/c1-4-30-21(29-11-7-8-16(25)13-29)12-19-22(30)23(32)31(24(33)28(19)3)14-20-26-15(2)17-9-5-6-10-18(17)27-20/h5-6,9-10,12,16H,4,7-8,11,13-14,25H2,1-3H3/t16-/m1/s1. The molecule has 0 amide bonds. The Hall–Kier alpha value is -3.46. The van der Waals surface area contributed by atoms with Crippen molar-refractivity contribution in [2.75, 3.05) is 18.0 Å². The van der Waals surface area contributed by atoms with Crippen LogP contribution in [0.5, 0.6) is 0 Å².